The third kappa shape index (κ3) is 4.77. The lowest BCUT2D eigenvalue weighted by Gasteiger charge is -2.13. The maximum atomic E-state index is 4.48. The van der Waals surface area contributed by atoms with Gasteiger partial charge in [-0.2, -0.15) is 10.1 Å². The van der Waals surface area contributed by atoms with Crippen molar-refractivity contribution in [1.29, 1.82) is 0 Å². The van der Waals surface area contributed by atoms with Crippen molar-refractivity contribution in [3.05, 3.63) is 46.1 Å². The van der Waals surface area contributed by atoms with Crippen molar-refractivity contribution in [1.82, 2.24) is 15.2 Å². The van der Waals surface area contributed by atoms with E-state index >= 15 is 0 Å². The number of allylic oxidation sites excluding steroid dienone is 1. The summed E-state index contributed by atoms with van der Waals surface area (Å²) in [5.74, 6) is 1.23. The number of nitrogens with zero attached hydrogens (tertiary/aromatic N) is 3. The van der Waals surface area contributed by atoms with E-state index in [1.54, 1.807) is 11.8 Å². The highest BCUT2D eigenvalue weighted by atomic mass is 79.9. The van der Waals surface area contributed by atoms with E-state index in [9.17, 15) is 0 Å². The lowest BCUT2D eigenvalue weighted by molar-refractivity contribution is 0.679. The second-order valence-corrected chi connectivity index (χ2v) is 6.91. The van der Waals surface area contributed by atoms with Crippen molar-refractivity contribution in [2.45, 2.75) is 39.0 Å². The minimum Gasteiger partial charge on any atom is -0.353 e. The first-order valence-corrected chi connectivity index (χ1v) is 9.15. The van der Waals surface area contributed by atoms with Crippen molar-refractivity contribution < 1.29 is 0 Å². The second kappa shape index (κ2) is 8.24. The number of aromatic nitrogens is 3. The summed E-state index contributed by atoms with van der Waals surface area (Å²) in [6.45, 7) is 2.90. The monoisotopic (exact) mass is 387 g/mol. The van der Waals surface area contributed by atoms with Crippen LogP contribution in [0.5, 0.6) is 0 Å². The van der Waals surface area contributed by atoms with Crippen LogP contribution < -0.4 is 10.6 Å². The molecule has 0 fully saturated rings. The molecule has 1 aromatic carbocycles. The summed E-state index contributed by atoms with van der Waals surface area (Å²) in [6.07, 6.45) is 10.1. The van der Waals surface area contributed by atoms with E-state index < -0.39 is 0 Å². The van der Waals surface area contributed by atoms with Crippen LogP contribution in [-0.2, 0) is 0 Å². The van der Waals surface area contributed by atoms with Gasteiger partial charge in [0.2, 0.25) is 5.95 Å². The fourth-order valence-corrected chi connectivity index (χ4v) is 3.36. The van der Waals surface area contributed by atoms with Gasteiger partial charge in [-0.1, -0.05) is 17.7 Å². The Morgan fingerprint density at radius 1 is 1.25 bits per heavy atom. The highest BCUT2D eigenvalue weighted by Crippen LogP contribution is 2.26. The summed E-state index contributed by atoms with van der Waals surface area (Å²) in [5, 5.41) is 14.6. The molecule has 0 amide bonds. The molecule has 1 aliphatic carbocycles. The van der Waals surface area contributed by atoms with Crippen LogP contribution in [0.2, 0.25) is 0 Å². The molecule has 0 bridgehead atoms. The minimum atomic E-state index is 0.555. The zero-order valence-electron chi connectivity index (χ0n) is 13.8. The van der Waals surface area contributed by atoms with Crippen LogP contribution in [0.1, 0.15) is 37.7 Å². The molecule has 0 saturated carbocycles. The molecule has 3 rings (SSSR count). The van der Waals surface area contributed by atoms with E-state index in [0.29, 0.717) is 11.8 Å². The van der Waals surface area contributed by atoms with Gasteiger partial charge >= 0.3 is 0 Å². The summed E-state index contributed by atoms with van der Waals surface area (Å²) in [6, 6.07) is 6.14. The Kier molecular flexibility index (Phi) is 5.80. The SMILES string of the molecule is Cc1ccc(Nc2cnnc(NCCC3=CCCCC3)n2)c(Br)c1. The molecule has 0 atom stereocenters. The summed E-state index contributed by atoms with van der Waals surface area (Å²) in [5.41, 5.74) is 3.70. The van der Waals surface area contributed by atoms with Gasteiger partial charge < -0.3 is 10.6 Å². The minimum absolute atomic E-state index is 0.555. The highest BCUT2D eigenvalue weighted by Gasteiger charge is 2.06. The summed E-state index contributed by atoms with van der Waals surface area (Å²) in [7, 11) is 0. The third-order valence-corrected chi connectivity index (χ3v) is 4.72. The van der Waals surface area contributed by atoms with E-state index in [4.69, 9.17) is 0 Å². The number of halogens is 1. The van der Waals surface area contributed by atoms with Gasteiger partial charge in [0.15, 0.2) is 5.82 Å². The number of anilines is 3. The maximum Gasteiger partial charge on any atom is 0.244 e. The number of aryl methyl sites for hydroxylation is 1. The number of hydrogen-bond acceptors (Lipinski definition) is 5. The first kappa shape index (κ1) is 16.9. The van der Waals surface area contributed by atoms with Gasteiger partial charge in [-0.15, -0.1) is 5.10 Å². The highest BCUT2D eigenvalue weighted by molar-refractivity contribution is 9.10. The molecule has 1 aliphatic rings. The predicted molar refractivity (Wildman–Crippen MR) is 102 cm³/mol. The quantitative estimate of drug-likeness (QED) is 0.683. The zero-order chi connectivity index (χ0) is 16.8. The summed E-state index contributed by atoms with van der Waals surface area (Å²) >= 11 is 3.56. The molecular formula is C18H22BrN5. The largest absolute Gasteiger partial charge is 0.353 e. The van der Waals surface area contributed by atoms with Crippen LogP contribution in [0.3, 0.4) is 0 Å². The van der Waals surface area contributed by atoms with Crippen molar-refractivity contribution in [3.8, 4) is 0 Å². The fourth-order valence-electron chi connectivity index (χ4n) is 2.76. The van der Waals surface area contributed by atoms with E-state index in [-0.39, 0.29) is 0 Å². The Labute approximate surface area is 151 Å². The Morgan fingerprint density at radius 2 is 2.17 bits per heavy atom. The third-order valence-electron chi connectivity index (χ3n) is 4.06. The van der Waals surface area contributed by atoms with Gasteiger partial charge in [-0.25, -0.2) is 0 Å². The van der Waals surface area contributed by atoms with E-state index in [0.717, 1.165) is 23.1 Å². The van der Waals surface area contributed by atoms with Crippen LogP contribution in [-0.4, -0.2) is 21.7 Å². The molecule has 2 N–H and O–H groups in total. The lowest BCUT2D eigenvalue weighted by Crippen LogP contribution is -2.09. The zero-order valence-corrected chi connectivity index (χ0v) is 15.4. The van der Waals surface area contributed by atoms with E-state index in [1.165, 1.54) is 31.2 Å². The van der Waals surface area contributed by atoms with Gasteiger partial charge in [0, 0.05) is 11.0 Å². The second-order valence-electron chi connectivity index (χ2n) is 6.06. The normalized spacial score (nSPS) is 14.2. The first-order valence-electron chi connectivity index (χ1n) is 8.35. The number of hydrogen-bond donors (Lipinski definition) is 2. The molecule has 0 spiro atoms. The van der Waals surface area contributed by atoms with Gasteiger partial charge in [-0.05, 0) is 72.7 Å². The molecular weight excluding hydrogens is 366 g/mol. The van der Waals surface area contributed by atoms with Crippen molar-refractivity contribution >= 4 is 33.4 Å². The number of benzene rings is 1. The molecule has 5 nitrogen and oxygen atoms in total. The lowest BCUT2D eigenvalue weighted by atomic mass is 9.97. The molecule has 0 unspecified atom stereocenters. The van der Waals surface area contributed by atoms with Crippen LogP contribution in [0.25, 0.3) is 0 Å². The molecule has 1 aromatic heterocycles. The predicted octanol–water partition coefficient (Wildman–Crippen LogP) is 4.99. The smallest absolute Gasteiger partial charge is 0.244 e. The first-order chi connectivity index (χ1) is 11.7. The van der Waals surface area contributed by atoms with Crippen LogP contribution in [0.15, 0.2) is 40.5 Å². The van der Waals surface area contributed by atoms with Gasteiger partial charge in [0.05, 0.1) is 11.9 Å². The molecule has 126 valence electrons. The van der Waals surface area contributed by atoms with Crippen molar-refractivity contribution in [3.63, 3.8) is 0 Å². The van der Waals surface area contributed by atoms with Gasteiger partial charge in [0.1, 0.15) is 0 Å². The summed E-state index contributed by atoms with van der Waals surface area (Å²) < 4.78 is 1.000. The van der Waals surface area contributed by atoms with E-state index in [1.807, 2.05) is 6.07 Å². The molecule has 6 heteroatoms. The number of nitrogens with one attached hydrogen (secondary N) is 2. The molecule has 0 radical (unpaired) electrons. The molecule has 2 aromatic rings. The van der Waals surface area contributed by atoms with E-state index in [2.05, 4.69) is 66.9 Å². The Balaban J connectivity index is 1.58. The molecule has 0 saturated heterocycles. The van der Waals surface area contributed by atoms with Crippen molar-refractivity contribution in [2.24, 2.45) is 0 Å². The molecule has 1 heterocycles. The number of rotatable bonds is 6. The molecule has 0 aliphatic heterocycles. The maximum absolute atomic E-state index is 4.48. The van der Waals surface area contributed by atoms with Crippen LogP contribution in [0, 0.1) is 6.92 Å². The summed E-state index contributed by atoms with van der Waals surface area (Å²) in [4.78, 5) is 4.48. The average molecular weight is 388 g/mol. The van der Waals surface area contributed by atoms with Crippen LogP contribution >= 0.6 is 15.9 Å². The van der Waals surface area contributed by atoms with Gasteiger partial charge in [0.25, 0.3) is 0 Å². The van der Waals surface area contributed by atoms with Crippen LogP contribution in [0.4, 0.5) is 17.5 Å². The standard InChI is InChI=1S/C18H22BrN5/c1-13-7-8-16(15(19)11-13)22-17-12-21-24-18(23-17)20-10-9-14-5-3-2-4-6-14/h5,7-8,11-12H,2-4,6,9-10H2,1H3,(H2,20,22,23,24). The molecule has 24 heavy (non-hydrogen) atoms. The average Bonchev–Trinajstić information content (AvgIpc) is 2.59. The Hall–Kier alpha value is -1.95. The van der Waals surface area contributed by atoms with Crippen molar-refractivity contribution in [2.75, 3.05) is 17.2 Å². The Morgan fingerprint density at radius 3 is 2.96 bits per heavy atom. The Bertz CT molecular complexity index is 729. The topological polar surface area (TPSA) is 62.7 Å². The van der Waals surface area contributed by atoms with Gasteiger partial charge in [-0.3, -0.25) is 0 Å². The fraction of sp³-hybridized carbons (Fsp3) is 0.389.